The highest BCUT2D eigenvalue weighted by Gasteiger charge is 2.19. The average molecular weight is 378 g/mol. The average Bonchev–Trinajstić information content (AvgIpc) is 2.55. The highest BCUT2D eigenvalue weighted by atomic mass is 35.5. The Morgan fingerprint density at radius 1 is 1.38 bits per heavy atom. The fourth-order valence-corrected chi connectivity index (χ4v) is 2.86. The van der Waals surface area contributed by atoms with Crippen LogP contribution in [0.25, 0.3) is 0 Å². The van der Waals surface area contributed by atoms with E-state index in [0.717, 1.165) is 26.2 Å². The Balaban J connectivity index is 0.00000288. The molecule has 2 rings (SSSR count). The number of ether oxygens (including phenoxy) is 2. The molecule has 0 unspecified atom stereocenters. The molecular formula is C16H25Cl2N3O3. The van der Waals surface area contributed by atoms with Gasteiger partial charge in [-0.3, -0.25) is 9.69 Å². The van der Waals surface area contributed by atoms with Crippen molar-refractivity contribution < 1.29 is 14.3 Å². The molecule has 0 saturated carbocycles. The summed E-state index contributed by atoms with van der Waals surface area (Å²) in [5.41, 5.74) is 0.562. The zero-order valence-electron chi connectivity index (χ0n) is 14.2. The summed E-state index contributed by atoms with van der Waals surface area (Å²) in [6.07, 6.45) is 0.429. The van der Waals surface area contributed by atoms with Crippen LogP contribution < -0.4 is 20.1 Å². The molecule has 1 aromatic carbocycles. The SMILES string of the molecule is COc1cc(NC(=O)CCN2CCNC[C@@H]2C)c(OC)cc1Cl.Cl. The molecule has 0 bridgehead atoms. The maximum absolute atomic E-state index is 12.2. The number of amides is 1. The summed E-state index contributed by atoms with van der Waals surface area (Å²) in [5.74, 6) is 0.955. The predicted octanol–water partition coefficient (Wildman–Crippen LogP) is 2.40. The molecule has 0 aliphatic carbocycles. The quantitative estimate of drug-likeness (QED) is 0.796. The minimum Gasteiger partial charge on any atom is -0.495 e. The molecule has 136 valence electrons. The predicted molar refractivity (Wildman–Crippen MR) is 99.0 cm³/mol. The highest BCUT2D eigenvalue weighted by molar-refractivity contribution is 6.32. The second kappa shape index (κ2) is 9.93. The molecule has 1 aliphatic rings. The molecule has 1 heterocycles. The fourth-order valence-electron chi connectivity index (χ4n) is 2.63. The Labute approximate surface area is 154 Å². The molecular weight excluding hydrogens is 353 g/mol. The number of methoxy groups -OCH3 is 2. The van der Waals surface area contributed by atoms with Crippen LogP contribution in [-0.2, 0) is 4.79 Å². The fraction of sp³-hybridized carbons (Fsp3) is 0.562. The van der Waals surface area contributed by atoms with Gasteiger partial charge in [-0.15, -0.1) is 12.4 Å². The van der Waals surface area contributed by atoms with Gasteiger partial charge in [0.25, 0.3) is 0 Å². The maximum atomic E-state index is 12.2. The summed E-state index contributed by atoms with van der Waals surface area (Å²) < 4.78 is 10.4. The Morgan fingerprint density at radius 3 is 2.71 bits per heavy atom. The van der Waals surface area contributed by atoms with Gasteiger partial charge in [0.1, 0.15) is 11.5 Å². The molecule has 1 aliphatic heterocycles. The van der Waals surface area contributed by atoms with Gasteiger partial charge in [0.15, 0.2) is 0 Å². The highest BCUT2D eigenvalue weighted by Crippen LogP contribution is 2.35. The van der Waals surface area contributed by atoms with E-state index in [0.29, 0.717) is 34.7 Å². The zero-order chi connectivity index (χ0) is 16.8. The molecule has 0 radical (unpaired) electrons. The summed E-state index contributed by atoms with van der Waals surface area (Å²) in [5, 5.41) is 6.65. The third kappa shape index (κ3) is 5.41. The first-order valence-electron chi connectivity index (χ1n) is 7.71. The van der Waals surface area contributed by atoms with Crippen LogP contribution in [0.1, 0.15) is 13.3 Å². The number of hydrogen-bond acceptors (Lipinski definition) is 5. The number of carbonyl (C=O) groups excluding carboxylic acids is 1. The van der Waals surface area contributed by atoms with Gasteiger partial charge >= 0.3 is 0 Å². The number of anilines is 1. The van der Waals surface area contributed by atoms with Gasteiger partial charge in [-0.25, -0.2) is 0 Å². The monoisotopic (exact) mass is 377 g/mol. The minimum atomic E-state index is -0.0570. The van der Waals surface area contributed by atoms with Gasteiger partial charge < -0.3 is 20.1 Å². The Bertz CT molecular complexity index is 558. The molecule has 8 heteroatoms. The van der Waals surface area contributed by atoms with E-state index in [2.05, 4.69) is 22.5 Å². The maximum Gasteiger partial charge on any atom is 0.225 e. The minimum absolute atomic E-state index is 0. The number of benzene rings is 1. The van der Waals surface area contributed by atoms with Crippen molar-refractivity contribution in [3.05, 3.63) is 17.2 Å². The van der Waals surface area contributed by atoms with Crippen molar-refractivity contribution in [2.45, 2.75) is 19.4 Å². The Hall–Kier alpha value is -1.21. The summed E-state index contributed by atoms with van der Waals surface area (Å²) in [6.45, 7) is 5.80. The normalized spacial score (nSPS) is 17.8. The molecule has 1 saturated heterocycles. The van der Waals surface area contributed by atoms with E-state index in [4.69, 9.17) is 21.1 Å². The summed E-state index contributed by atoms with van der Waals surface area (Å²) in [7, 11) is 3.07. The molecule has 0 spiro atoms. The molecule has 1 amide bonds. The van der Waals surface area contributed by atoms with Gasteiger partial charge in [0.05, 0.1) is 24.9 Å². The standard InChI is InChI=1S/C16H24ClN3O3.ClH/c1-11-10-18-5-7-20(11)6-4-16(21)19-13-9-14(22-2)12(17)8-15(13)23-3;/h8-9,11,18H,4-7,10H2,1-3H3,(H,19,21);1H/t11-;/m0./s1. The van der Waals surface area contributed by atoms with Crippen molar-refractivity contribution in [2.75, 3.05) is 45.7 Å². The second-order valence-corrected chi connectivity index (χ2v) is 5.98. The number of hydrogen-bond donors (Lipinski definition) is 2. The lowest BCUT2D eigenvalue weighted by molar-refractivity contribution is -0.116. The molecule has 0 aromatic heterocycles. The first-order chi connectivity index (χ1) is 11.0. The first-order valence-corrected chi connectivity index (χ1v) is 8.09. The number of nitrogens with zero attached hydrogens (tertiary/aromatic N) is 1. The Morgan fingerprint density at radius 2 is 2.08 bits per heavy atom. The van der Waals surface area contributed by atoms with E-state index in [1.165, 1.54) is 14.2 Å². The molecule has 1 fully saturated rings. The summed E-state index contributed by atoms with van der Waals surface area (Å²) in [6, 6.07) is 3.75. The van der Waals surface area contributed by atoms with Crippen molar-refractivity contribution in [1.82, 2.24) is 10.2 Å². The van der Waals surface area contributed by atoms with Gasteiger partial charge in [-0.1, -0.05) is 11.6 Å². The van der Waals surface area contributed by atoms with Gasteiger partial charge in [-0.05, 0) is 6.92 Å². The third-order valence-electron chi connectivity index (χ3n) is 4.01. The van der Waals surface area contributed by atoms with Crippen LogP contribution in [0.2, 0.25) is 5.02 Å². The van der Waals surface area contributed by atoms with Gasteiger partial charge in [0, 0.05) is 50.8 Å². The molecule has 2 N–H and O–H groups in total. The number of rotatable bonds is 6. The lowest BCUT2D eigenvalue weighted by Crippen LogP contribution is -2.50. The molecule has 1 aromatic rings. The second-order valence-electron chi connectivity index (χ2n) is 5.57. The van der Waals surface area contributed by atoms with Crippen molar-refractivity contribution in [3.63, 3.8) is 0 Å². The van der Waals surface area contributed by atoms with Crippen molar-refractivity contribution >= 4 is 35.6 Å². The van der Waals surface area contributed by atoms with Crippen LogP contribution in [0.3, 0.4) is 0 Å². The van der Waals surface area contributed by atoms with Crippen LogP contribution in [-0.4, -0.2) is 57.2 Å². The number of nitrogens with one attached hydrogen (secondary N) is 2. The lowest BCUT2D eigenvalue weighted by Gasteiger charge is -2.33. The Kier molecular flexibility index (Phi) is 8.62. The van der Waals surface area contributed by atoms with E-state index in [1.54, 1.807) is 12.1 Å². The summed E-state index contributed by atoms with van der Waals surface area (Å²) >= 11 is 6.07. The van der Waals surface area contributed by atoms with E-state index >= 15 is 0 Å². The van der Waals surface area contributed by atoms with Crippen LogP contribution in [0.15, 0.2) is 12.1 Å². The molecule has 6 nitrogen and oxygen atoms in total. The number of halogens is 2. The molecule has 1 atom stereocenters. The topological polar surface area (TPSA) is 62.8 Å². The smallest absolute Gasteiger partial charge is 0.225 e. The molecule has 24 heavy (non-hydrogen) atoms. The number of carbonyl (C=O) groups is 1. The van der Waals surface area contributed by atoms with E-state index in [-0.39, 0.29) is 18.3 Å². The number of piperazine rings is 1. The first kappa shape index (κ1) is 20.8. The van der Waals surface area contributed by atoms with Crippen LogP contribution in [0, 0.1) is 0 Å². The van der Waals surface area contributed by atoms with Crippen LogP contribution in [0.5, 0.6) is 11.5 Å². The van der Waals surface area contributed by atoms with Crippen LogP contribution >= 0.6 is 24.0 Å². The van der Waals surface area contributed by atoms with Gasteiger partial charge in [0.2, 0.25) is 5.91 Å². The zero-order valence-corrected chi connectivity index (χ0v) is 15.8. The lowest BCUT2D eigenvalue weighted by atomic mass is 10.2. The van der Waals surface area contributed by atoms with E-state index in [1.807, 2.05) is 0 Å². The van der Waals surface area contributed by atoms with E-state index < -0.39 is 0 Å². The van der Waals surface area contributed by atoms with Gasteiger partial charge in [-0.2, -0.15) is 0 Å². The van der Waals surface area contributed by atoms with Crippen molar-refractivity contribution in [2.24, 2.45) is 0 Å². The van der Waals surface area contributed by atoms with Crippen molar-refractivity contribution in [3.8, 4) is 11.5 Å². The summed E-state index contributed by atoms with van der Waals surface area (Å²) in [4.78, 5) is 14.5. The largest absolute Gasteiger partial charge is 0.495 e. The van der Waals surface area contributed by atoms with Crippen LogP contribution in [0.4, 0.5) is 5.69 Å². The third-order valence-corrected chi connectivity index (χ3v) is 4.31. The van der Waals surface area contributed by atoms with E-state index in [9.17, 15) is 4.79 Å². The van der Waals surface area contributed by atoms with Crippen molar-refractivity contribution in [1.29, 1.82) is 0 Å².